The third kappa shape index (κ3) is 4.81. The van der Waals surface area contributed by atoms with Crippen molar-refractivity contribution in [1.29, 1.82) is 0 Å². The van der Waals surface area contributed by atoms with Crippen LogP contribution in [0.15, 0.2) is 53.9 Å². The van der Waals surface area contributed by atoms with Crippen LogP contribution in [0.5, 0.6) is 0 Å². The summed E-state index contributed by atoms with van der Waals surface area (Å²) in [7, 11) is 0. The van der Waals surface area contributed by atoms with Crippen molar-refractivity contribution in [2.45, 2.75) is 6.92 Å². The molecule has 4 rings (SSSR count). The normalized spacial score (nSPS) is 14.8. The van der Waals surface area contributed by atoms with Gasteiger partial charge in [0.25, 0.3) is 0 Å². The van der Waals surface area contributed by atoms with Gasteiger partial charge in [-0.3, -0.25) is 9.69 Å². The minimum atomic E-state index is -0.202. The van der Waals surface area contributed by atoms with Gasteiger partial charge in [-0.1, -0.05) is 42.0 Å². The van der Waals surface area contributed by atoms with Gasteiger partial charge in [-0.2, -0.15) is 0 Å². The number of carbonyl (C=O) groups is 1. The number of thiazole rings is 1. The van der Waals surface area contributed by atoms with Gasteiger partial charge in [0.2, 0.25) is 5.91 Å². The second-order valence-electron chi connectivity index (χ2n) is 7.17. The van der Waals surface area contributed by atoms with Gasteiger partial charge in [0.05, 0.1) is 17.9 Å². The number of nitrogens with zero attached hydrogens (tertiary/aromatic N) is 3. The summed E-state index contributed by atoms with van der Waals surface area (Å²) in [6.45, 7) is 5.19. The van der Waals surface area contributed by atoms with Crippen LogP contribution in [0.4, 0.5) is 15.2 Å². The first kappa shape index (κ1) is 19.5. The second-order valence-corrected chi connectivity index (χ2v) is 8.02. The first-order valence-corrected chi connectivity index (χ1v) is 10.5. The largest absolute Gasteiger partial charge is 0.367 e. The number of benzene rings is 2. The number of rotatable bonds is 5. The fourth-order valence-electron chi connectivity index (χ4n) is 3.41. The van der Waals surface area contributed by atoms with E-state index in [0.29, 0.717) is 43.5 Å². The number of nitrogens with one attached hydrogen (secondary N) is 1. The molecule has 1 N–H and O–H groups in total. The smallest absolute Gasteiger partial charge is 0.240 e. The fourth-order valence-corrected chi connectivity index (χ4v) is 4.14. The molecule has 0 spiro atoms. The fraction of sp³-hybridized carbons (Fsp3) is 0.273. The lowest BCUT2D eigenvalue weighted by molar-refractivity contribution is -0.117. The number of aromatic nitrogens is 1. The van der Waals surface area contributed by atoms with Crippen LogP contribution < -0.4 is 10.2 Å². The first-order chi connectivity index (χ1) is 14.1. The number of piperazine rings is 1. The molecule has 1 aliphatic heterocycles. The molecule has 2 aromatic carbocycles. The van der Waals surface area contributed by atoms with Crippen LogP contribution >= 0.6 is 11.3 Å². The minimum absolute atomic E-state index is 0.0749. The Morgan fingerprint density at radius 2 is 1.83 bits per heavy atom. The molecule has 7 heteroatoms. The number of halogens is 1. The maximum absolute atomic E-state index is 13.9. The van der Waals surface area contributed by atoms with E-state index in [9.17, 15) is 9.18 Å². The van der Waals surface area contributed by atoms with Gasteiger partial charge in [-0.15, -0.1) is 11.3 Å². The summed E-state index contributed by atoms with van der Waals surface area (Å²) in [5, 5.41) is 5.45. The Hall–Kier alpha value is -2.77. The Balaban J connectivity index is 1.29. The van der Waals surface area contributed by atoms with E-state index in [1.807, 2.05) is 47.5 Å². The van der Waals surface area contributed by atoms with Gasteiger partial charge in [-0.05, 0) is 19.1 Å². The van der Waals surface area contributed by atoms with E-state index in [0.717, 1.165) is 11.3 Å². The molecule has 1 amide bonds. The molecule has 0 saturated carbocycles. The number of hydrogen-bond donors (Lipinski definition) is 1. The molecule has 1 aliphatic rings. The van der Waals surface area contributed by atoms with Crippen molar-refractivity contribution in [2.75, 3.05) is 42.9 Å². The number of hydrogen-bond acceptors (Lipinski definition) is 5. The second kappa shape index (κ2) is 8.71. The van der Waals surface area contributed by atoms with Crippen molar-refractivity contribution in [3.63, 3.8) is 0 Å². The van der Waals surface area contributed by atoms with Gasteiger partial charge in [0.1, 0.15) is 5.82 Å². The van der Waals surface area contributed by atoms with Gasteiger partial charge in [0.15, 0.2) is 5.13 Å². The predicted molar refractivity (Wildman–Crippen MR) is 116 cm³/mol. The lowest BCUT2D eigenvalue weighted by atomic mass is 10.1. The van der Waals surface area contributed by atoms with Crippen molar-refractivity contribution in [3.05, 3.63) is 65.3 Å². The molecule has 0 aliphatic carbocycles. The number of anilines is 2. The molecule has 0 atom stereocenters. The molecule has 1 aromatic heterocycles. The van der Waals surface area contributed by atoms with Crippen LogP contribution in [0, 0.1) is 12.7 Å². The third-order valence-electron chi connectivity index (χ3n) is 5.03. The monoisotopic (exact) mass is 410 g/mol. The van der Waals surface area contributed by atoms with Crippen molar-refractivity contribution in [3.8, 4) is 11.3 Å². The molecule has 1 saturated heterocycles. The maximum Gasteiger partial charge on any atom is 0.240 e. The zero-order chi connectivity index (χ0) is 20.2. The zero-order valence-electron chi connectivity index (χ0n) is 16.3. The summed E-state index contributed by atoms with van der Waals surface area (Å²) in [5.41, 5.74) is 3.73. The summed E-state index contributed by atoms with van der Waals surface area (Å²) in [6, 6.07) is 15.0. The number of para-hydroxylation sites is 1. The van der Waals surface area contributed by atoms with Gasteiger partial charge < -0.3 is 10.2 Å². The van der Waals surface area contributed by atoms with Crippen molar-refractivity contribution in [2.24, 2.45) is 0 Å². The summed E-state index contributed by atoms with van der Waals surface area (Å²) < 4.78 is 13.9. The Labute approximate surface area is 173 Å². The highest BCUT2D eigenvalue weighted by atomic mass is 32.1. The van der Waals surface area contributed by atoms with Crippen LogP contribution in [0.25, 0.3) is 11.3 Å². The number of amides is 1. The quantitative estimate of drug-likeness (QED) is 0.690. The highest BCUT2D eigenvalue weighted by Crippen LogP contribution is 2.25. The van der Waals surface area contributed by atoms with Crippen LogP contribution in [-0.2, 0) is 4.79 Å². The molecule has 2 heterocycles. The lowest BCUT2D eigenvalue weighted by Crippen LogP contribution is -2.48. The van der Waals surface area contributed by atoms with E-state index < -0.39 is 0 Å². The van der Waals surface area contributed by atoms with E-state index in [1.54, 1.807) is 12.1 Å². The predicted octanol–water partition coefficient (Wildman–Crippen LogP) is 4.02. The molecule has 29 heavy (non-hydrogen) atoms. The zero-order valence-corrected chi connectivity index (χ0v) is 17.1. The van der Waals surface area contributed by atoms with Crippen LogP contribution in [0.2, 0.25) is 0 Å². The maximum atomic E-state index is 13.9. The summed E-state index contributed by atoms with van der Waals surface area (Å²) in [4.78, 5) is 21.1. The Kier molecular flexibility index (Phi) is 5.87. The molecule has 0 radical (unpaired) electrons. The summed E-state index contributed by atoms with van der Waals surface area (Å²) >= 11 is 1.43. The standard InChI is InChI=1S/C22H23FN4OS/c1-16-6-8-17(9-7-16)19-15-29-22(24-19)25-21(28)14-26-10-12-27(13-11-26)20-5-3-2-4-18(20)23/h2-9,15H,10-14H2,1H3,(H,24,25,28). The van der Waals surface area contributed by atoms with Crippen molar-refractivity contribution < 1.29 is 9.18 Å². The topological polar surface area (TPSA) is 48.5 Å². The van der Waals surface area contributed by atoms with Gasteiger partial charge >= 0.3 is 0 Å². The molecule has 0 bridgehead atoms. The lowest BCUT2D eigenvalue weighted by Gasteiger charge is -2.35. The number of aryl methyl sites for hydroxylation is 1. The summed E-state index contributed by atoms with van der Waals surface area (Å²) in [5.74, 6) is -0.277. The molecule has 0 unspecified atom stereocenters. The van der Waals surface area contributed by atoms with E-state index >= 15 is 0 Å². The van der Waals surface area contributed by atoms with E-state index in [4.69, 9.17) is 0 Å². The van der Waals surface area contributed by atoms with E-state index in [2.05, 4.69) is 15.2 Å². The summed E-state index contributed by atoms with van der Waals surface area (Å²) in [6.07, 6.45) is 0. The van der Waals surface area contributed by atoms with Crippen molar-refractivity contribution >= 4 is 28.1 Å². The average Bonchev–Trinajstić information content (AvgIpc) is 3.18. The van der Waals surface area contributed by atoms with Crippen molar-refractivity contribution in [1.82, 2.24) is 9.88 Å². The Morgan fingerprint density at radius 1 is 1.10 bits per heavy atom. The molecule has 1 fully saturated rings. The SMILES string of the molecule is Cc1ccc(-c2csc(NC(=O)CN3CCN(c4ccccc4F)CC3)n2)cc1. The Bertz CT molecular complexity index is 980. The van der Waals surface area contributed by atoms with Crippen LogP contribution in [-0.4, -0.2) is 48.5 Å². The third-order valence-corrected chi connectivity index (χ3v) is 5.79. The van der Waals surface area contributed by atoms with Gasteiger partial charge in [-0.25, -0.2) is 9.37 Å². The van der Waals surface area contributed by atoms with E-state index in [-0.39, 0.29) is 11.7 Å². The molecular weight excluding hydrogens is 387 g/mol. The highest BCUT2D eigenvalue weighted by molar-refractivity contribution is 7.14. The Morgan fingerprint density at radius 3 is 2.55 bits per heavy atom. The van der Waals surface area contributed by atoms with Crippen LogP contribution in [0.1, 0.15) is 5.56 Å². The number of carbonyl (C=O) groups excluding carboxylic acids is 1. The molecular formula is C22H23FN4OS. The van der Waals surface area contributed by atoms with E-state index in [1.165, 1.54) is 23.0 Å². The van der Waals surface area contributed by atoms with Gasteiger partial charge in [0, 0.05) is 37.1 Å². The molecule has 150 valence electrons. The molecule has 5 nitrogen and oxygen atoms in total. The molecule has 3 aromatic rings. The first-order valence-electron chi connectivity index (χ1n) is 9.63. The van der Waals surface area contributed by atoms with Crippen LogP contribution in [0.3, 0.4) is 0 Å². The highest BCUT2D eigenvalue weighted by Gasteiger charge is 2.21. The minimum Gasteiger partial charge on any atom is -0.367 e. The average molecular weight is 411 g/mol.